The van der Waals surface area contributed by atoms with Crippen LogP contribution in [-0.4, -0.2) is 28.2 Å². The number of aliphatic imine (C=N–C) groups is 1. The van der Waals surface area contributed by atoms with Crippen LogP contribution in [0.2, 0.25) is 0 Å². The third-order valence-electron chi connectivity index (χ3n) is 2.90. The molecule has 0 aromatic carbocycles. The van der Waals surface area contributed by atoms with E-state index in [-0.39, 0.29) is 5.41 Å². The summed E-state index contributed by atoms with van der Waals surface area (Å²) in [4.78, 5) is 3.96. The highest BCUT2D eigenvalue weighted by Crippen LogP contribution is 2.30. The molecule has 1 fully saturated rings. The number of hydrogen-bond acceptors (Lipinski definition) is 4. The van der Waals surface area contributed by atoms with Crippen LogP contribution in [0.25, 0.3) is 0 Å². The largest absolute Gasteiger partial charge is 0.379 e. The fourth-order valence-electron chi connectivity index (χ4n) is 2.04. The van der Waals surface area contributed by atoms with Crippen molar-refractivity contribution in [1.29, 1.82) is 0 Å². The molecule has 0 saturated carbocycles. The minimum atomic E-state index is 0.0326. The summed E-state index contributed by atoms with van der Waals surface area (Å²) < 4.78 is 7.46. The summed E-state index contributed by atoms with van der Waals surface area (Å²) in [7, 11) is 0. The molecule has 1 aliphatic rings. The highest BCUT2D eigenvalue weighted by atomic mass is 32.1. The predicted molar refractivity (Wildman–Crippen MR) is 70.1 cm³/mol. The summed E-state index contributed by atoms with van der Waals surface area (Å²) in [5.74, 6) is 0.636. The highest BCUT2D eigenvalue weighted by Gasteiger charge is 2.27. The van der Waals surface area contributed by atoms with Crippen LogP contribution in [0, 0.1) is 0 Å². The van der Waals surface area contributed by atoms with Crippen LogP contribution in [0.15, 0.2) is 11.1 Å². The Morgan fingerprint density at radius 3 is 2.88 bits per heavy atom. The van der Waals surface area contributed by atoms with Crippen molar-refractivity contribution in [3.63, 3.8) is 0 Å². The lowest BCUT2D eigenvalue weighted by atomic mass is 9.91. The molecule has 2 rings (SSSR count). The molecule has 2 heterocycles. The second kappa shape index (κ2) is 4.69. The molecule has 1 aromatic rings. The smallest absolute Gasteiger partial charge is 0.184 e. The molecular formula is C12H17N3OS. The average Bonchev–Trinajstić information content (AvgIpc) is 2.82. The minimum Gasteiger partial charge on any atom is -0.379 e. The molecule has 92 valence electrons. The van der Waals surface area contributed by atoms with Gasteiger partial charge in [0.1, 0.15) is 0 Å². The van der Waals surface area contributed by atoms with Crippen LogP contribution in [0.1, 0.15) is 38.9 Å². The summed E-state index contributed by atoms with van der Waals surface area (Å²) in [5.41, 5.74) is 1.20. The molecule has 0 spiro atoms. The van der Waals surface area contributed by atoms with Gasteiger partial charge in [-0.2, -0.15) is 10.1 Å². The second-order valence-electron chi connectivity index (χ2n) is 5.30. The van der Waals surface area contributed by atoms with Crippen LogP contribution in [0.5, 0.6) is 0 Å². The summed E-state index contributed by atoms with van der Waals surface area (Å²) in [5, 5.41) is 6.86. The Labute approximate surface area is 107 Å². The summed E-state index contributed by atoms with van der Waals surface area (Å²) in [6.45, 7) is 8.04. The number of isothiocyanates is 1. The first kappa shape index (κ1) is 12.4. The summed E-state index contributed by atoms with van der Waals surface area (Å²) in [6, 6.07) is 2.30. The lowest BCUT2D eigenvalue weighted by Gasteiger charge is -2.22. The number of aromatic nitrogens is 2. The molecule has 4 nitrogen and oxygen atoms in total. The van der Waals surface area contributed by atoms with E-state index in [0.717, 1.165) is 25.3 Å². The fourth-order valence-corrected chi connectivity index (χ4v) is 2.13. The van der Waals surface area contributed by atoms with Gasteiger partial charge in [0.05, 0.1) is 17.8 Å². The Morgan fingerprint density at radius 1 is 1.59 bits per heavy atom. The number of ether oxygens (including phenoxy) is 1. The maximum absolute atomic E-state index is 5.42. The monoisotopic (exact) mass is 251 g/mol. The Hall–Kier alpha value is -1.03. The van der Waals surface area contributed by atoms with Crippen LogP contribution < -0.4 is 0 Å². The van der Waals surface area contributed by atoms with Gasteiger partial charge in [-0.3, -0.25) is 4.68 Å². The van der Waals surface area contributed by atoms with Crippen molar-refractivity contribution in [2.75, 3.05) is 13.2 Å². The van der Waals surface area contributed by atoms with Gasteiger partial charge in [0.2, 0.25) is 0 Å². The Morgan fingerprint density at radius 2 is 2.35 bits per heavy atom. The van der Waals surface area contributed by atoms with Gasteiger partial charge >= 0.3 is 0 Å². The predicted octanol–water partition coefficient (Wildman–Crippen LogP) is 2.88. The van der Waals surface area contributed by atoms with Gasteiger partial charge in [-0.25, -0.2) is 0 Å². The Kier molecular flexibility index (Phi) is 3.43. The number of hydrogen-bond donors (Lipinski definition) is 0. The number of thiocarbonyl (C=S) groups is 1. The normalized spacial score (nSPS) is 20.3. The van der Waals surface area contributed by atoms with E-state index < -0.39 is 0 Å². The van der Waals surface area contributed by atoms with Crippen LogP contribution in [0.3, 0.4) is 0 Å². The van der Waals surface area contributed by atoms with Crippen molar-refractivity contribution < 1.29 is 4.74 Å². The van der Waals surface area contributed by atoms with Crippen molar-refractivity contribution in [2.24, 2.45) is 4.99 Å². The first-order chi connectivity index (χ1) is 8.02. The maximum atomic E-state index is 5.42. The fraction of sp³-hybridized carbons (Fsp3) is 0.667. The van der Waals surface area contributed by atoms with Gasteiger partial charge in [0, 0.05) is 23.8 Å². The third kappa shape index (κ3) is 2.63. The Bertz CT molecular complexity index is 449. The second-order valence-corrected chi connectivity index (χ2v) is 5.49. The maximum Gasteiger partial charge on any atom is 0.184 e. The van der Waals surface area contributed by atoms with Gasteiger partial charge < -0.3 is 4.74 Å². The molecule has 0 unspecified atom stereocenters. The number of nitrogens with zero attached hydrogens (tertiary/aromatic N) is 3. The van der Waals surface area contributed by atoms with Crippen molar-refractivity contribution in [3.05, 3.63) is 11.8 Å². The molecule has 1 atom stereocenters. The quantitative estimate of drug-likeness (QED) is 0.599. The first-order valence-corrected chi connectivity index (χ1v) is 6.19. The molecule has 0 aliphatic carbocycles. The molecule has 1 aliphatic heterocycles. The molecule has 0 bridgehead atoms. The Balaban J connectivity index is 2.43. The zero-order valence-corrected chi connectivity index (χ0v) is 11.3. The molecule has 1 aromatic heterocycles. The molecule has 0 N–H and O–H groups in total. The van der Waals surface area contributed by atoms with Gasteiger partial charge in [-0.15, -0.1) is 0 Å². The molecule has 0 amide bonds. The van der Waals surface area contributed by atoms with Crippen molar-refractivity contribution >= 4 is 23.2 Å². The zero-order chi connectivity index (χ0) is 12.5. The van der Waals surface area contributed by atoms with Crippen LogP contribution >= 0.6 is 12.2 Å². The van der Waals surface area contributed by atoms with E-state index in [1.54, 1.807) is 0 Å². The van der Waals surface area contributed by atoms with E-state index in [1.165, 1.54) is 0 Å². The van der Waals surface area contributed by atoms with E-state index in [9.17, 15) is 0 Å². The summed E-state index contributed by atoms with van der Waals surface area (Å²) in [6.07, 6.45) is 1.01. The van der Waals surface area contributed by atoms with E-state index in [0.29, 0.717) is 11.9 Å². The minimum absolute atomic E-state index is 0.0326. The molecule has 1 saturated heterocycles. The third-order valence-corrected chi connectivity index (χ3v) is 2.99. The lowest BCUT2D eigenvalue weighted by molar-refractivity contribution is 0.183. The lowest BCUT2D eigenvalue weighted by Crippen LogP contribution is -2.22. The van der Waals surface area contributed by atoms with E-state index in [4.69, 9.17) is 4.74 Å². The van der Waals surface area contributed by atoms with E-state index in [2.05, 4.69) is 48.2 Å². The van der Waals surface area contributed by atoms with Gasteiger partial charge in [0.15, 0.2) is 5.82 Å². The molecular weight excluding hydrogens is 234 g/mol. The topological polar surface area (TPSA) is 39.4 Å². The molecule has 5 heteroatoms. The van der Waals surface area contributed by atoms with E-state index >= 15 is 0 Å². The van der Waals surface area contributed by atoms with Crippen molar-refractivity contribution in [1.82, 2.24) is 9.78 Å². The summed E-state index contributed by atoms with van der Waals surface area (Å²) >= 11 is 4.62. The van der Waals surface area contributed by atoms with Gasteiger partial charge in [0.25, 0.3) is 0 Å². The first-order valence-electron chi connectivity index (χ1n) is 5.78. The molecule has 17 heavy (non-hydrogen) atoms. The van der Waals surface area contributed by atoms with Gasteiger partial charge in [-0.1, -0.05) is 20.8 Å². The standard InChI is InChI=1S/C12H17N3OS/c1-12(2,3)10-6-11(13-8-17)14-15(10)9-4-5-16-7-9/h6,9H,4-5,7H2,1-3H3/t9-/m1/s1. The average molecular weight is 251 g/mol. The highest BCUT2D eigenvalue weighted by molar-refractivity contribution is 7.78. The SMILES string of the molecule is CC(C)(C)c1cc(N=C=S)nn1[C@@H]1CCOC1. The van der Waals surface area contributed by atoms with Crippen molar-refractivity contribution in [3.8, 4) is 0 Å². The number of rotatable bonds is 2. The van der Waals surface area contributed by atoms with Crippen LogP contribution in [-0.2, 0) is 10.2 Å². The molecule has 0 radical (unpaired) electrons. The van der Waals surface area contributed by atoms with Gasteiger partial charge in [-0.05, 0) is 18.6 Å². The van der Waals surface area contributed by atoms with E-state index in [1.807, 2.05) is 10.7 Å². The van der Waals surface area contributed by atoms with Crippen LogP contribution in [0.4, 0.5) is 5.82 Å². The van der Waals surface area contributed by atoms with Crippen molar-refractivity contribution in [2.45, 2.75) is 38.6 Å². The zero-order valence-electron chi connectivity index (χ0n) is 10.4.